The Morgan fingerprint density at radius 1 is 1.04 bits per heavy atom. The van der Waals surface area contributed by atoms with Gasteiger partial charge in [-0.2, -0.15) is 0 Å². The molecule has 0 amide bonds. The highest BCUT2D eigenvalue weighted by Gasteiger charge is 2.19. The molecule has 4 heteroatoms. The smallest absolute Gasteiger partial charge is 0.194 e. The fraction of sp³-hybridized carbons (Fsp3) is 0.250. The Morgan fingerprint density at radius 3 is 2.54 bits per heavy atom. The molecule has 3 nitrogen and oxygen atoms in total. The number of nitrogens with one attached hydrogen (secondary N) is 1. The van der Waals surface area contributed by atoms with Gasteiger partial charge in [0, 0.05) is 28.0 Å². The predicted molar refractivity (Wildman–Crippen MR) is 99.5 cm³/mol. The van der Waals surface area contributed by atoms with Gasteiger partial charge in [-0.25, -0.2) is 0 Å². The highest BCUT2D eigenvalue weighted by molar-refractivity contribution is 6.31. The summed E-state index contributed by atoms with van der Waals surface area (Å²) < 4.78 is 0. The average molecular weight is 339 g/mol. The van der Waals surface area contributed by atoms with Crippen molar-refractivity contribution in [3.05, 3.63) is 69.3 Å². The minimum atomic E-state index is 0.0806. The molecule has 0 atom stereocenters. The maximum absolute atomic E-state index is 13.2. The Bertz CT molecular complexity index is 928. The summed E-state index contributed by atoms with van der Waals surface area (Å²) in [6, 6.07) is 15.5. The van der Waals surface area contributed by atoms with E-state index >= 15 is 0 Å². The molecule has 1 aromatic heterocycles. The van der Waals surface area contributed by atoms with Crippen molar-refractivity contribution in [3.63, 3.8) is 0 Å². The van der Waals surface area contributed by atoms with Crippen molar-refractivity contribution < 1.29 is 0 Å². The number of benzene rings is 2. The number of halogens is 1. The first-order chi connectivity index (χ1) is 11.7. The maximum atomic E-state index is 13.2. The molecule has 2 aromatic carbocycles. The standard InChI is InChI=1S/C20H19ClN2O/c21-15-8-9-18-16(12-15)20(24)17(13-23-10-4-5-11-23)19(22-18)14-6-2-1-3-7-14/h1-3,6-9,12H,4-5,10-11,13H2,(H,22,24). The summed E-state index contributed by atoms with van der Waals surface area (Å²) >= 11 is 6.11. The van der Waals surface area contributed by atoms with Crippen molar-refractivity contribution in [1.82, 2.24) is 9.88 Å². The fourth-order valence-corrected chi connectivity index (χ4v) is 3.64. The van der Waals surface area contributed by atoms with Crippen molar-refractivity contribution in [2.45, 2.75) is 19.4 Å². The number of hydrogen-bond acceptors (Lipinski definition) is 2. The third-order valence-corrected chi connectivity index (χ3v) is 4.94. The minimum Gasteiger partial charge on any atom is -0.354 e. The monoisotopic (exact) mass is 338 g/mol. The summed E-state index contributed by atoms with van der Waals surface area (Å²) in [5.74, 6) is 0. The van der Waals surface area contributed by atoms with Gasteiger partial charge >= 0.3 is 0 Å². The molecule has 0 aliphatic carbocycles. The third kappa shape index (κ3) is 2.85. The Kier molecular flexibility index (Phi) is 4.13. The van der Waals surface area contributed by atoms with E-state index < -0.39 is 0 Å². The first-order valence-electron chi connectivity index (χ1n) is 8.34. The van der Waals surface area contributed by atoms with Crippen LogP contribution < -0.4 is 5.43 Å². The van der Waals surface area contributed by atoms with Crippen molar-refractivity contribution in [2.24, 2.45) is 0 Å². The van der Waals surface area contributed by atoms with E-state index in [0.29, 0.717) is 17.0 Å². The van der Waals surface area contributed by atoms with Crippen molar-refractivity contribution in [1.29, 1.82) is 0 Å². The Hall–Kier alpha value is -2.10. The third-order valence-electron chi connectivity index (χ3n) is 4.70. The second-order valence-electron chi connectivity index (χ2n) is 6.35. The van der Waals surface area contributed by atoms with Gasteiger partial charge in [0.25, 0.3) is 0 Å². The highest BCUT2D eigenvalue weighted by atomic mass is 35.5. The van der Waals surface area contributed by atoms with Crippen molar-refractivity contribution in [3.8, 4) is 11.3 Å². The van der Waals surface area contributed by atoms with Crippen molar-refractivity contribution >= 4 is 22.5 Å². The van der Waals surface area contributed by atoms with Crippen LogP contribution in [0, 0.1) is 0 Å². The molecule has 1 N–H and O–H groups in total. The zero-order valence-corrected chi connectivity index (χ0v) is 14.1. The summed E-state index contributed by atoms with van der Waals surface area (Å²) in [5, 5.41) is 1.25. The molecule has 0 unspecified atom stereocenters. The number of rotatable bonds is 3. The van der Waals surface area contributed by atoms with Gasteiger partial charge < -0.3 is 4.98 Å². The summed E-state index contributed by atoms with van der Waals surface area (Å²) in [6.07, 6.45) is 2.41. The average Bonchev–Trinajstić information content (AvgIpc) is 3.12. The first-order valence-corrected chi connectivity index (χ1v) is 8.72. The second-order valence-corrected chi connectivity index (χ2v) is 6.78. The van der Waals surface area contributed by atoms with Gasteiger partial charge in [0.05, 0.1) is 5.69 Å². The number of fused-ring (bicyclic) bond motifs is 1. The maximum Gasteiger partial charge on any atom is 0.194 e. The SMILES string of the molecule is O=c1c(CN2CCCC2)c(-c2ccccc2)[nH]c2ccc(Cl)cc12. The number of pyridine rings is 1. The molecule has 1 aliphatic heterocycles. The van der Waals surface area contributed by atoms with E-state index in [-0.39, 0.29) is 5.43 Å². The van der Waals surface area contributed by atoms with E-state index in [4.69, 9.17) is 11.6 Å². The molecule has 3 aromatic rings. The lowest BCUT2D eigenvalue weighted by atomic mass is 10.0. The van der Waals surface area contributed by atoms with E-state index in [1.165, 1.54) is 12.8 Å². The molecule has 0 saturated carbocycles. The van der Waals surface area contributed by atoms with Crippen LogP contribution in [0.25, 0.3) is 22.2 Å². The van der Waals surface area contributed by atoms with Crippen molar-refractivity contribution in [2.75, 3.05) is 13.1 Å². The zero-order chi connectivity index (χ0) is 16.5. The van der Waals surface area contributed by atoms with Gasteiger partial charge in [-0.1, -0.05) is 41.9 Å². The van der Waals surface area contributed by atoms with Crippen LogP contribution in [0.3, 0.4) is 0 Å². The lowest BCUT2D eigenvalue weighted by molar-refractivity contribution is 0.331. The van der Waals surface area contributed by atoms with Crippen LogP contribution in [-0.2, 0) is 6.54 Å². The fourth-order valence-electron chi connectivity index (χ4n) is 3.47. The highest BCUT2D eigenvalue weighted by Crippen LogP contribution is 2.25. The summed E-state index contributed by atoms with van der Waals surface area (Å²) in [7, 11) is 0. The Labute approximate surface area is 145 Å². The predicted octanol–water partition coefficient (Wildman–Crippen LogP) is 4.44. The molecule has 4 rings (SSSR count). The van der Waals surface area contributed by atoms with E-state index in [9.17, 15) is 4.79 Å². The van der Waals surface area contributed by atoms with E-state index in [1.54, 1.807) is 6.07 Å². The van der Waals surface area contributed by atoms with Gasteiger partial charge in [0.1, 0.15) is 0 Å². The molecular weight excluding hydrogens is 320 g/mol. The lowest BCUT2D eigenvalue weighted by Crippen LogP contribution is -2.24. The second kappa shape index (κ2) is 6.42. The number of nitrogens with zero attached hydrogens (tertiary/aromatic N) is 1. The summed E-state index contributed by atoms with van der Waals surface area (Å²) in [5.41, 5.74) is 3.70. The molecule has 1 saturated heterocycles. The van der Waals surface area contributed by atoms with Crippen LogP contribution in [0.15, 0.2) is 53.3 Å². The lowest BCUT2D eigenvalue weighted by Gasteiger charge is -2.18. The summed E-state index contributed by atoms with van der Waals surface area (Å²) in [6.45, 7) is 2.80. The van der Waals surface area contributed by atoms with Crippen LogP contribution in [0.4, 0.5) is 0 Å². The zero-order valence-electron chi connectivity index (χ0n) is 13.4. The van der Waals surface area contributed by atoms with Crippen LogP contribution in [0.1, 0.15) is 18.4 Å². The largest absolute Gasteiger partial charge is 0.354 e. The summed E-state index contributed by atoms with van der Waals surface area (Å²) in [4.78, 5) is 19.0. The van der Waals surface area contributed by atoms with Gasteiger partial charge in [-0.3, -0.25) is 9.69 Å². The van der Waals surface area contributed by atoms with Crippen LogP contribution in [0.5, 0.6) is 0 Å². The molecule has 0 spiro atoms. The molecule has 122 valence electrons. The number of likely N-dealkylation sites (tertiary alicyclic amines) is 1. The number of hydrogen-bond donors (Lipinski definition) is 1. The van der Waals surface area contributed by atoms with Gasteiger partial charge in [0.15, 0.2) is 5.43 Å². The topological polar surface area (TPSA) is 36.1 Å². The van der Waals surface area contributed by atoms with Crippen LogP contribution in [-0.4, -0.2) is 23.0 Å². The van der Waals surface area contributed by atoms with E-state index in [0.717, 1.165) is 35.4 Å². The molecule has 1 fully saturated rings. The normalized spacial score (nSPS) is 15.2. The molecule has 2 heterocycles. The molecule has 24 heavy (non-hydrogen) atoms. The number of aromatic nitrogens is 1. The van der Waals surface area contributed by atoms with Gasteiger partial charge in [0.2, 0.25) is 0 Å². The molecule has 1 aliphatic rings. The molecular formula is C20H19ClN2O. The van der Waals surface area contributed by atoms with Gasteiger partial charge in [-0.05, 0) is 49.7 Å². The number of H-pyrrole nitrogens is 1. The quantitative estimate of drug-likeness (QED) is 0.766. The van der Waals surface area contributed by atoms with E-state index in [2.05, 4.69) is 9.88 Å². The first kappa shape index (κ1) is 15.4. The molecule has 0 radical (unpaired) electrons. The minimum absolute atomic E-state index is 0.0806. The van der Waals surface area contributed by atoms with Crippen LogP contribution in [0.2, 0.25) is 5.02 Å². The van der Waals surface area contributed by atoms with Gasteiger partial charge in [-0.15, -0.1) is 0 Å². The van der Waals surface area contributed by atoms with E-state index in [1.807, 2.05) is 42.5 Å². The van der Waals surface area contributed by atoms with Crippen LogP contribution >= 0.6 is 11.6 Å². The molecule has 0 bridgehead atoms. The number of aromatic amines is 1. The Balaban J connectivity index is 1.94. The Morgan fingerprint density at radius 2 is 1.79 bits per heavy atom.